The first-order valence-electron chi connectivity index (χ1n) is 5.76. The van der Waals surface area contributed by atoms with Gasteiger partial charge in [-0.05, 0) is 18.6 Å². The molecule has 21 heavy (non-hydrogen) atoms. The number of hydrogen-bond donors (Lipinski definition) is 0. The van der Waals surface area contributed by atoms with Gasteiger partial charge in [0.05, 0.1) is 13.3 Å². The van der Waals surface area contributed by atoms with Gasteiger partial charge in [0.1, 0.15) is 11.4 Å². The van der Waals surface area contributed by atoms with Crippen molar-refractivity contribution in [1.82, 2.24) is 10.0 Å². The number of ether oxygens (including phenoxy) is 1. The molecule has 0 aliphatic rings. The van der Waals surface area contributed by atoms with Crippen molar-refractivity contribution >= 4 is 5.91 Å². The van der Waals surface area contributed by atoms with Crippen LogP contribution in [0.25, 0.3) is 0 Å². The third-order valence-corrected chi connectivity index (χ3v) is 2.58. The molecule has 0 aliphatic heterocycles. The molecular weight excluding hydrogens is 296 g/mol. The topological polar surface area (TPSA) is 51.7 Å². The van der Waals surface area contributed by atoms with E-state index in [-0.39, 0.29) is 11.4 Å². The van der Waals surface area contributed by atoms with Gasteiger partial charge < -0.3 is 4.74 Å². The number of pyridine rings is 1. The summed E-state index contributed by atoms with van der Waals surface area (Å²) >= 11 is 0. The Morgan fingerprint density at radius 1 is 1.48 bits per heavy atom. The van der Waals surface area contributed by atoms with Gasteiger partial charge in [0.15, 0.2) is 6.61 Å². The van der Waals surface area contributed by atoms with Crippen LogP contribution in [0, 0.1) is 6.92 Å². The Labute approximate surface area is 118 Å². The number of aryl methyl sites for hydroxylation is 1. The highest BCUT2D eigenvalue weighted by Gasteiger charge is 2.41. The summed E-state index contributed by atoms with van der Waals surface area (Å²) < 4.78 is 54.1. The van der Waals surface area contributed by atoms with Gasteiger partial charge in [-0.15, -0.1) is 0 Å². The maximum Gasteiger partial charge on any atom is 0.340 e. The molecule has 1 heterocycles. The number of nitrogens with zero attached hydrogens (tertiary/aromatic N) is 2. The lowest BCUT2D eigenvalue weighted by Crippen LogP contribution is -2.34. The Bertz CT molecular complexity index is 511. The Morgan fingerprint density at radius 2 is 2.10 bits per heavy atom. The molecule has 1 amide bonds. The zero-order chi connectivity index (χ0) is 16.2. The highest BCUT2D eigenvalue weighted by molar-refractivity contribution is 5.91. The van der Waals surface area contributed by atoms with Crippen molar-refractivity contribution in [3.8, 4) is 5.75 Å². The first-order valence-corrected chi connectivity index (χ1v) is 5.76. The van der Waals surface area contributed by atoms with E-state index in [1.165, 1.54) is 27.1 Å². The van der Waals surface area contributed by atoms with Crippen molar-refractivity contribution in [2.24, 2.45) is 0 Å². The lowest BCUT2D eigenvalue weighted by atomic mass is 10.2. The van der Waals surface area contributed by atoms with Gasteiger partial charge in [-0.1, -0.05) is 0 Å². The summed E-state index contributed by atoms with van der Waals surface area (Å²) in [6.07, 6.45) is -2.80. The largest absolute Gasteiger partial charge is 0.485 e. The molecule has 9 heteroatoms. The fraction of sp³-hybridized carbons (Fsp3) is 0.500. The van der Waals surface area contributed by atoms with E-state index in [4.69, 9.17) is 0 Å². The molecule has 1 rings (SSSR count). The predicted octanol–water partition coefficient (Wildman–Crippen LogP) is 2.30. The van der Waals surface area contributed by atoms with Crippen LogP contribution in [0.15, 0.2) is 12.3 Å². The summed E-state index contributed by atoms with van der Waals surface area (Å²) in [7, 11) is 2.65. The molecule has 0 unspecified atom stereocenters. The van der Waals surface area contributed by atoms with Crippen LogP contribution < -0.4 is 4.74 Å². The van der Waals surface area contributed by atoms with Crippen LogP contribution in [-0.4, -0.2) is 49.1 Å². The second kappa shape index (κ2) is 6.70. The van der Waals surface area contributed by atoms with Crippen LogP contribution in [-0.2, 0) is 4.84 Å². The molecule has 0 saturated heterocycles. The van der Waals surface area contributed by atoms with Crippen molar-refractivity contribution in [3.63, 3.8) is 0 Å². The zero-order valence-electron chi connectivity index (χ0n) is 11.6. The molecule has 118 valence electrons. The number of alkyl halides is 4. The fourth-order valence-corrected chi connectivity index (χ4v) is 1.29. The molecule has 1 aromatic heterocycles. The third kappa shape index (κ3) is 4.28. The highest BCUT2D eigenvalue weighted by Crippen LogP contribution is 2.25. The lowest BCUT2D eigenvalue weighted by molar-refractivity contribution is -0.148. The molecule has 0 bridgehead atoms. The summed E-state index contributed by atoms with van der Waals surface area (Å²) in [6.45, 7) is -0.000430. The molecule has 1 aromatic rings. The van der Waals surface area contributed by atoms with Crippen LogP contribution in [0.3, 0.4) is 0 Å². The minimum absolute atomic E-state index is 0.00446. The molecular formula is C12H14F4N2O3. The minimum Gasteiger partial charge on any atom is -0.485 e. The van der Waals surface area contributed by atoms with Crippen LogP contribution in [0.1, 0.15) is 16.1 Å². The van der Waals surface area contributed by atoms with Crippen LogP contribution in [0.4, 0.5) is 17.6 Å². The van der Waals surface area contributed by atoms with Gasteiger partial charge in [0, 0.05) is 7.05 Å². The van der Waals surface area contributed by atoms with Gasteiger partial charge in [-0.25, -0.2) is 18.8 Å². The molecule has 0 saturated carbocycles. The number of hydroxylamine groups is 2. The maximum absolute atomic E-state index is 12.8. The van der Waals surface area contributed by atoms with Crippen LogP contribution in [0.2, 0.25) is 0 Å². The van der Waals surface area contributed by atoms with E-state index >= 15 is 0 Å². The van der Waals surface area contributed by atoms with E-state index in [1.54, 1.807) is 0 Å². The summed E-state index contributed by atoms with van der Waals surface area (Å²) in [5.74, 6) is -4.91. The monoisotopic (exact) mass is 310 g/mol. The van der Waals surface area contributed by atoms with Crippen molar-refractivity contribution in [2.75, 3.05) is 20.8 Å². The van der Waals surface area contributed by atoms with Crippen molar-refractivity contribution in [1.29, 1.82) is 0 Å². The third-order valence-electron chi connectivity index (χ3n) is 2.58. The number of carbonyl (C=O) groups excluding carboxylic acids is 1. The van der Waals surface area contributed by atoms with Crippen LogP contribution >= 0.6 is 0 Å². The van der Waals surface area contributed by atoms with Crippen LogP contribution in [0.5, 0.6) is 5.75 Å². The lowest BCUT2D eigenvalue weighted by Gasteiger charge is -2.17. The Hall–Kier alpha value is -1.90. The standard InChI is InChI=1S/C12H14F4N2O3/c1-7-4-8(10(19)18(2)20-3)17-5-9(7)21-6-12(15,16)11(13)14/h4-5,11H,6H2,1-3H3. The molecule has 0 aliphatic carbocycles. The molecule has 0 N–H and O–H groups in total. The van der Waals surface area contributed by atoms with Gasteiger partial charge in [-0.3, -0.25) is 9.63 Å². The van der Waals surface area contributed by atoms with Crippen molar-refractivity contribution < 1.29 is 31.9 Å². The average Bonchev–Trinajstić information content (AvgIpc) is 2.44. The normalized spacial score (nSPS) is 11.6. The first kappa shape index (κ1) is 17.2. The number of aromatic nitrogens is 1. The molecule has 0 spiro atoms. The van der Waals surface area contributed by atoms with E-state index in [0.717, 1.165) is 11.3 Å². The number of amides is 1. The smallest absolute Gasteiger partial charge is 0.340 e. The molecule has 5 nitrogen and oxygen atoms in total. The van der Waals surface area contributed by atoms with E-state index in [1.807, 2.05) is 0 Å². The van der Waals surface area contributed by atoms with E-state index in [0.29, 0.717) is 5.56 Å². The molecule has 0 atom stereocenters. The van der Waals surface area contributed by atoms with E-state index in [2.05, 4.69) is 14.6 Å². The van der Waals surface area contributed by atoms with Gasteiger partial charge in [0.2, 0.25) is 0 Å². The number of halogens is 4. The van der Waals surface area contributed by atoms with Gasteiger partial charge in [-0.2, -0.15) is 8.78 Å². The summed E-state index contributed by atoms with van der Waals surface area (Å²) in [5, 5.41) is 0.924. The number of hydrogen-bond acceptors (Lipinski definition) is 4. The van der Waals surface area contributed by atoms with Crippen molar-refractivity contribution in [3.05, 3.63) is 23.5 Å². The summed E-state index contributed by atoms with van der Waals surface area (Å²) in [6, 6.07) is 1.29. The molecule has 0 radical (unpaired) electrons. The minimum atomic E-state index is -4.25. The second-order valence-corrected chi connectivity index (χ2v) is 4.17. The SMILES string of the molecule is CON(C)C(=O)c1cc(C)c(OCC(F)(F)C(F)F)cn1. The molecule has 0 fully saturated rings. The van der Waals surface area contributed by atoms with Crippen molar-refractivity contribution in [2.45, 2.75) is 19.3 Å². The summed E-state index contributed by atoms with van der Waals surface area (Å²) in [4.78, 5) is 20.1. The predicted molar refractivity (Wildman–Crippen MR) is 64.5 cm³/mol. The first-order chi connectivity index (χ1) is 9.69. The van der Waals surface area contributed by atoms with Gasteiger partial charge >= 0.3 is 12.3 Å². The second-order valence-electron chi connectivity index (χ2n) is 4.17. The fourth-order valence-electron chi connectivity index (χ4n) is 1.29. The maximum atomic E-state index is 12.8. The van der Waals surface area contributed by atoms with E-state index in [9.17, 15) is 22.4 Å². The highest BCUT2D eigenvalue weighted by atomic mass is 19.3. The zero-order valence-corrected chi connectivity index (χ0v) is 11.6. The Balaban J connectivity index is 2.82. The number of carbonyl (C=O) groups is 1. The number of rotatable bonds is 6. The Kier molecular flexibility index (Phi) is 5.47. The molecule has 0 aromatic carbocycles. The van der Waals surface area contributed by atoms with Gasteiger partial charge in [0.25, 0.3) is 5.91 Å². The average molecular weight is 310 g/mol. The van der Waals surface area contributed by atoms with E-state index < -0.39 is 24.9 Å². The summed E-state index contributed by atoms with van der Waals surface area (Å²) in [5.41, 5.74) is 0.313. The Morgan fingerprint density at radius 3 is 2.57 bits per heavy atom. The quantitative estimate of drug-likeness (QED) is 0.597.